The minimum Gasteiger partial charge on any atom is -0.394 e. The van der Waals surface area contributed by atoms with Gasteiger partial charge < -0.3 is 15.0 Å². The van der Waals surface area contributed by atoms with Crippen LogP contribution in [0.25, 0.3) is 0 Å². The highest BCUT2D eigenvalue weighted by Crippen LogP contribution is 2.27. The summed E-state index contributed by atoms with van der Waals surface area (Å²) in [6.45, 7) is 1.50. The molecule has 1 aromatic heterocycles. The molecule has 0 bridgehead atoms. The van der Waals surface area contributed by atoms with E-state index >= 15 is 0 Å². The fourth-order valence-electron chi connectivity index (χ4n) is 1.84. The summed E-state index contributed by atoms with van der Waals surface area (Å²) in [7, 11) is 1.25. The third-order valence-electron chi connectivity index (χ3n) is 2.82. The first kappa shape index (κ1) is 11.6. The highest BCUT2D eigenvalue weighted by atomic mass is 16.5. The predicted octanol–water partition coefficient (Wildman–Crippen LogP) is -0.878. The average molecular weight is 261 g/mol. The Morgan fingerprint density at radius 2 is 2.50 bits per heavy atom. The number of aliphatic hydroxyl groups excluding tert-OH is 2. The summed E-state index contributed by atoms with van der Waals surface area (Å²) in [5.41, 5.74) is -0.649. The molecule has 1 aliphatic heterocycles. The first-order valence-electron chi connectivity index (χ1n) is 6.67. The van der Waals surface area contributed by atoms with Crippen molar-refractivity contribution in [2.75, 3.05) is 6.61 Å². The molecule has 1 aromatic rings. The molecular formula is C11H18N2O5. The second-order valence-electron chi connectivity index (χ2n) is 4.08. The monoisotopic (exact) mass is 261 g/mol. The van der Waals surface area contributed by atoms with Crippen LogP contribution in [0.4, 0.5) is 0 Å². The largest absolute Gasteiger partial charge is 0.394 e. The average Bonchev–Trinajstić information content (AvgIpc) is 2.78. The molecule has 0 aliphatic carbocycles. The van der Waals surface area contributed by atoms with E-state index in [-0.39, 0.29) is 13.0 Å². The third kappa shape index (κ3) is 2.53. The molecule has 2 heterocycles. The number of hydrogen-bond acceptors (Lipinski definition) is 5. The van der Waals surface area contributed by atoms with Gasteiger partial charge in [0.1, 0.15) is 12.3 Å². The van der Waals surface area contributed by atoms with Crippen molar-refractivity contribution in [3.05, 3.63) is 32.6 Å². The molecule has 18 heavy (non-hydrogen) atoms. The molecule has 0 spiro atoms. The van der Waals surface area contributed by atoms with Gasteiger partial charge in [-0.3, -0.25) is 14.3 Å². The van der Waals surface area contributed by atoms with E-state index in [1.54, 1.807) is 6.92 Å². The van der Waals surface area contributed by atoms with Crippen molar-refractivity contribution in [2.24, 2.45) is 0 Å². The van der Waals surface area contributed by atoms with Crippen molar-refractivity contribution in [2.45, 2.75) is 39.2 Å². The molecule has 1 aliphatic rings. The second kappa shape index (κ2) is 5.47. The van der Waals surface area contributed by atoms with Gasteiger partial charge in [-0.2, -0.15) is 0 Å². The summed E-state index contributed by atoms with van der Waals surface area (Å²) < 4.78 is 19.0. The molecule has 2 rings (SSSR count). The topological polar surface area (TPSA) is 105 Å². The van der Waals surface area contributed by atoms with Gasteiger partial charge in [-0.15, -0.1) is 0 Å². The zero-order valence-electron chi connectivity index (χ0n) is 12.3. The van der Waals surface area contributed by atoms with Gasteiger partial charge in [0, 0.05) is 19.6 Å². The summed E-state index contributed by atoms with van der Waals surface area (Å²) in [5, 5.41) is 13.9. The standard InChI is InChI=1S/C10H14N2O5.CH4/c1-5-3-12(10(16)11-9(5)15)8-2-6(14)7(4-13)17-8;/h3,6-8,13-14H,2,4H2,1H3,(H,11,15,16);1H4/i13D;1T. The van der Waals surface area contributed by atoms with E-state index in [9.17, 15) is 14.7 Å². The second-order valence-corrected chi connectivity index (χ2v) is 4.08. The van der Waals surface area contributed by atoms with Gasteiger partial charge >= 0.3 is 5.69 Å². The van der Waals surface area contributed by atoms with E-state index in [2.05, 4.69) is 10.1 Å². The Kier molecular flexibility index (Phi) is 3.54. The van der Waals surface area contributed by atoms with E-state index in [1.807, 2.05) is 0 Å². The zero-order valence-corrected chi connectivity index (χ0v) is 10.3. The summed E-state index contributed by atoms with van der Waals surface area (Å²) >= 11 is 0. The summed E-state index contributed by atoms with van der Waals surface area (Å²) in [5.74, 6) is 0. The molecule has 1 saturated heterocycles. The minimum atomic E-state index is -0.806. The van der Waals surface area contributed by atoms with Crippen LogP contribution in [0.1, 0.15) is 27.0 Å². The van der Waals surface area contributed by atoms with Crippen molar-refractivity contribution in [3.63, 3.8) is 0 Å². The number of rotatable bonds is 3. The van der Waals surface area contributed by atoms with Crippen LogP contribution in [0.3, 0.4) is 0 Å². The molecule has 1 fully saturated rings. The van der Waals surface area contributed by atoms with Crippen LogP contribution in [0, 0.1) is 6.92 Å². The van der Waals surface area contributed by atoms with E-state index < -0.39 is 29.7 Å². The Labute approximate surface area is 107 Å². The Balaban J connectivity index is 0.000000956. The van der Waals surface area contributed by atoms with Crippen LogP contribution in [0.5, 0.6) is 0 Å². The molecule has 0 aromatic carbocycles. The van der Waals surface area contributed by atoms with Crippen molar-refractivity contribution >= 4 is 0 Å². The normalized spacial score (nSPS) is 28.1. The smallest absolute Gasteiger partial charge is 0.330 e. The molecule has 3 unspecified atom stereocenters. The van der Waals surface area contributed by atoms with Gasteiger partial charge in [0.2, 0.25) is 1.43 Å². The first-order valence-corrected chi connectivity index (χ1v) is 5.26. The number of aromatic nitrogens is 2. The number of aromatic amines is 1. The van der Waals surface area contributed by atoms with Gasteiger partial charge in [0.05, 0.1) is 12.7 Å². The number of nitrogens with one attached hydrogen (secondary N) is 1. The van der Waals surface area contributed by atoms with Crippen LogP contribution in [0.15, 0.2) is 15.8 Å². The number of ether oxygens (including phenoxy) is 1. The van der Waals surface area contributed by atoms with Crippen LogP contribution < -0.4 is 11.2 Å². The molecular weight excluding hydrogens is 240 g/mol. The van der Waals surface area contributed by atoms with Crippen molar-refractivity contribution in [1.29, 1.82) is 1.43 Å². The molecule has 0 saturated carbocycles. The van der Waals surface area contributed by atoms with E-state index in [1.165, 1.54) is 18.2 Å². The van der Waals surface area contributed by atoms with Crippen molar-refractivity contribution in [3.8, 4) is 0 Å². The summed E-state index contributed by atoms with van der Waals surface area (Å²) in [6, 6.07) is 0. The third-order valence-corrected chi connectivity index (χ3v) is 2.82. The van der Waals surface area contributed by atoms with Gasteiger partial charge in [0.25, 0.3) is 5.56 Å². The number of hydrogen-bond donors (Lipinski definition) is 3. The predicted molar refractivity (Wildman–Crippen MR) is 64.4 cm³/mol. The van der Waals surface area contributed by atoms with Gasteiger partial charge in [-0.1, -0.05) is 7.40 Å². The van der Waals surface area contributed by atoms with E-state index in [0.29, 0.717) is 5.56 Å². The Hall–Kier alpha value is -1.44. The first-order chi connectivity index (χ1) is 9.52. The summed E-state index contributed by atoms with van der Waals surface area (Å²) in [6.07, 6.45) is -0.517. The van der Waals surface area contributed by atoms with E-state index in [4.69, 9.17) is 7.54 Å². The number of H-pyrrole nitrogens is 1. The Morgan fingerprint density at radius 3 is 3.17 bits per heavy atom. The molecule has 3 N–H and O–H groups in total. The number of aliphatic hydroxyl groups is 2. The van der Waals surface area contributed by atoms with E-state index in [0.717, 1.165) is 0 Å². The maximum atomic E-state index is 11.6. The van der Waals surface area contributed by atoms with Crippen LogP contribution in [0.2, 0.25) is 0 Å². The molecule has 102 valence electrons. The summed E-state index contributed by atoms with van der Waals surface area (Å²) in [4.78, 5) is 25.0. The Bertz CT molecular complexity index is 544. The highest BCUT2D eigenvalue weighted by molar-refractivity contribution is 5.02. The Morgan fingerprint density at radius 1 is 1.78 bits per heavy atom. The van der Waals surface area contributed by atoms with Gasteiger partial charge in [-0.25, -0.2) is 4.79 Å². The molecule has 0 amide bonds. The fraction of sp³-hybridized carbons (Fsp3) is 0.636. The molecule has 3 atom stereocenters. The lowest BCUT2D eigenvalue weighted by atomic mass is 10.2. The van der Waals surface area contributed by atoms with Crippen LogP contribution in [-0.2, 0) is 4.74 Å². The maximum Gasteiger partial charge on any atom is 0.330 e. The highest BCUT2D eigenvalue weighted by Gasteiger charge is 2.34. The van der Waals surface area contributed by atoms with Gasteiger partial charge in [0.15, 0.2) is 0 Å². The lowest BCUT2D eigenvalue weighted by Crippen LogP contribution is -2.33. The number of nitrogens with zero attached hydrogens (tertiary/aromatic N) is 1. The fourth-order valence-corrected chi connectivity index (χ4v) is 1.84. The zero-order chi connectivity index (χ0) is 15.3. The van der Waals surface area contributed by atoms with Crippen LogP contribution in [-0.4, -0.2) is 40.0 Å². The lowest BCUT2D eigenvalue weighted by Gasteiger charge is -2.14. The molecule has 7 nitrogen and oxygen atoms in total. The lowest BCUT2D eigenvalue weighted by molar-refractivity contribution is -0.0459. The maximum absolute atomic E-state index is 11.6. The molecule has 7 heteroatoms. The SMILES string of the molecule is [2H]OCC1OC(n2cc(C)c(=O)[nH]c2=O)CC1O.[3H]C. The van der Waals surface area contributed by atoms with Gasteiger partial charge in [-0.05, 0) is 6.92 Å². The quantitative estimate of drug-likeness (QED) is 0.655. The van der Waals surface area contributed by atoms with Crippen LogP contribution >= 0.6 is 0 Å². The van der Waals surface area contributed by atoms with Crippen molar-refractivity contribution < 1.29 is 16.3 Å². The van der Waals surface area contributed by atoms with Crippen molar-refractivity contribution in [1.82, 2.24) is 9.55 Å². The molecule has 0 radical (unpaired) electrons. The number of aryl methyl sites for hydroxylation is 1. The minimum absolute atomic E-state index is 0.0747.